The minimum Gasteiger partial charge on any atom is -0.339 e. The number of carbonyl (C=O) groups is 1. The van der Waals surface area contributed by atoms with Crippen molar-refractivity contribution >= 4 is 15.7 Å². The van der Waals surface area contributed by atoms with Crippen molar-refractivity contribution < 1.29 is 13.2 Å². The molecular weight excluding hydrogens is 290 g/mol. The van der Waals surface area contributed by atoms with Crippen LogP contribution in [0, 0.1) is 0 Å². The van der Waals surface area contributed by atoms with E-state index in [4.69, 9.17) is 0 Å². The molecule has 6 nitrogen and oxygen atoms in total. The molecule has 2 rings (SSSR count). The maximum absolute atomic E-state index is 12.3. The molecule has 2 heterocycles. The molecule has 0 radical (unpaired) electrons. The van der Waals surface area contributed by atoms with E-state index in [1.165, 1.54) is 0 Å². The van der Waals surface area contributed by atoms with Crippen LogP contribution in [0.2, 0.25) is 0 Å². The average molecular weight is 311 g/mol. The fourth-order valence-electron chi connectivity index (χ4n) is 2.42. The summed E-state index contributed by atoms with van der Waals surface area (Å²) in [6.45, 7) is 3.47. The molecule has 116 valence electrons. The Morgan fingerprint density at radius 3 is 2.76 bits per heavy atom. The lowest BCUT2D eigenvalue weighted by Crippen LogP contribution is -2.47. The second-order valence-electron chi connectivity index (χ2n) is 5.23. The van der Waals surface area contributed by atoms with E-state index in [9.17, 15) is 13.2 Å². The molecule has 1 aromatic heterocycles. The number of rotatable bonds is 5. The summed E-state index contributed by atoms with van der Waals surface area (Å²) in [6, 6.07) is 3.47. The zero-order valence-corrected chi connectivity index (χ0v) is 13.0. The van der Waals surface area contributed by atoms with Crippen molar-refractivity contribution in [2.45, 2.75) is 25.9 Å². The monoisotopic (exact) mass is 311 g/mol. The van der Waals surface area contributed by atoms with Gasteiger partial charge < -0.3 is 10.2 Å². The average Bonchev–Trinajstić information content (AvgIpc) is 2.44. The van der Waals surface area contributed by atoms with Crippen LogP contribution in [0.1, 0.15) is 18.9 Å². The molecule has 1 saturated heterocycles. The van der Waals surface area contributed by atoms with Gasteiger partial charge in [-0.3, -0.25) is 9.78 Å². The minimum absolute atomic E-state index is 0.0242. The number of amides is 1. The van der Waals surface area contributed by atoms with Gasteiger partial charge in [0.05, 0.1) is 11.5 Å². The second-order valence-corrected chi connectivity index (χ2v) is 7.46. The van der Waals surface area contributed by atoms with Crippen LogP contribution in [0.4, 0.5) is 0 Å². The molecule has 1 aromatic rings. The van der Waals surface area contributed by atoms with Gasteiger partial charge in [-0.2, -0.15) is 0 Å². The van der Waals surface area contributed by atoms with E-state index in [2.05, 4.69) is 10.3 Å². The van der Waals surface area contributed by atoms with Crippen molar-refractivity contribution in [3.05, 3.63) is 30.1 Å². The lowest BCUT2D eigenvalue weighted by atomic mass is 10.2. The highest BCUT2D eigenvalue weighted by molar-refractivity contribution is 7.91. The standard InChI is InChI=1S/C14H21N3O3S/c1-2-17(10-12-3-5-15-6-4-12)14(18)9-13-11-21(19,20)8-7-16-13/h3-6,13,16H,2,7-11H2,1H3. The third kappa shape index (κ3) is 4.78. The predicted molar refractivity (Wildman–Crippen MR) is 80.4 cm³/mol. The van der Waals surface area contributed by atoms with E-state index in [1.807, 2.05) is 19.1 Å². The van der Waals surface area contributed by atoms with Crippen LogP contribution in [-0.2, 0) is 21.2 Å². The van der Waals surface area contributed by atoms with E-state index >= 15 is 0 Å². The first-order valence-electron chi connectivity index (χ1n) is 7.10. The lowest BCUT2D eigenvalue weighted by molar-refractivity contribution is -0.132. The molecule has 0 aliphatic carbocycles. The number of sulfone groups is 1. The Morgan fingerprint density at radius 1 is 1.43 bits per heavy atom. The normalized spacial score (nSPS) is 20.9. The highest BCUT2D eigenvalue weighted by Gasteiger charge is 2.27. The molecule has 1 aliphatic rings. The number of nitrogens with one attached hydrogen (secondary N) is 1. The Labute approximate surface area is 125 Å². The van der Waals surface area contributed by atoms with Crippen molar-refractivity contribution in [1.82, 2.24) is 15.2 Å². The fraction of sp³-hybridized carbons (Fsp3) is 0.571. The molecule has 7 heteroatoms. The summed E-state index contributed by atoms with van der Waals surface area (Å²) in [4.78, 5) is 18.0. The smallest absolute Gasteiger partial charge is 0.224 e. The first-order chi connectivity index (χ1) is 10.00. The van der Waals surface area contributed by atoms with Crippen LogP contribution >= 0.6 is 0 Å². The van der Waals surface area contributed by atoms with Gasteiger partial charge in [-0.1, -0.05) is 0 Å². The molecule has 1 N–H and O–H groups in total. The third-order valence-electron chi connectivity index (χ3n) is 3.58. The molecule has 1 unspecified atom stereocenters. The number of aromatic nitrogens is 1. The summed E-state index contributed by atoms with van der Waals surface area (Å²) in [6.07, 6.45) is 3.62. The summed E-state index contributed by atoms with van der Waals surface area (Å²) >= 11 is 0. The van der Waals surface area contributed by atoms with Crippen LogP contribution in [0.3, 0.4) is 0 Å². The van der Waals surface area contributed by atoms with Gasteiger partial charge in [-0.05, 0) is 24.6 Å². The molecule has 0 aromatic carbocycles. The summed E-state index contributed by atoms with van der Waals surface area (Å²) in [7, 11) is -3.01. The summed E-state index contributed by atoms with van der Waals surface area (Å²) in [5.41, 5.74) is 1.02. The molecule has 0 spiro atoms. The van der Waals surface area contributed by atoms with Crippen molar-refractivity contribution in [2.75, 3.05) is 24.6 Å². The molecule has 1 fully saturated rings. The van der Waals surface area contributed by atoms with Gasteiger partial charge in [0.25, 0.3) is 0 Å². The van der Waals surface area contributed by atoms with E-state index < -0.39 is 9.84 Å². The molecular formula is C14H21N3O3S. The predicted octanol–water partition coefficient (Wildman–Crippen LogP) is 0.207. The van der Waals surface area contributed by atoms with E-state index in [1.54, 1.807) is 17.3 Å². The van der Waals surface area contributed by atoms with E-state index in [0.29, 0.717) is 19.6 Å². The van der Waals surface area contributed by atoms with Gasteiger partial charge in [0.15, 0.2) is 9.84 Å². The van der Waals surface area contributed by atoms with Crippen molar-refractivity contribution in [2.24, 2.45) is 0 Å². The lowest BCUT2D eigenvalue weighted by Gasteiger charge is -2.27. The van der Waals surface area contributed by atoms with Crippen LogP contribution in [-0.4, -0.2) is 54.8 Å². The van der Waals surface area contributed by atoms with Crippen LogP contribution < -0.4 is 5.32 Å². The Balaban J connectivity index is 1.94. The minimum atomic E-state index is -3.01. The molecule has 1 amide bonds. The Morgan fingerprint density at radius 2 is 2.14 bits per heavy atom. The quantitative estimate of drug-likeness (QED) is 0.841. The van der Waals surface area contributed by atoms with Gasteiger partial charge in [-0.25, -0.2) is 8.42 Å². The molecule has 0 bridgehead atoms. The molecule has 1 aliphatic heterocycles. The van der Waals surface area contributed by atoms with Gasteiger partial charge in [0.2, 0.25) is 5.91 Å². The van der Waals surface area contributed by atoms with Crippen molar-refractivity contribution in [3.8, 4) is 0 Å². The second kappa shape index (κ2) is 7.00. The molecule has 0 saturated carbocycles. The zero-order valence-electron chi connectivity index (χ0n) is 12.2. The maximum Gasteiger partial charge on any atom is 0.224 e. The van der Waals surface area contributed by atoms with Gasteiger partial charge in [0, 0.05) is 44.5 Å². The van der Waals surface area contributed by atoms with Crippen LogP contribution in [0.25, 0.3) is 0 Å². The first kappa shape index (κ1) is 15.9. The third-order valence-corrected chi connectivity index (χ3v) is 5.32. The highest BCUT2D eigenvalue weighted by atomic mass is 32.2. The number of carbonyl (C=O) groups excluding carboxylic acids is 1. The Hall–Kier alpha value is -1.47. The van der Waals surface area contributed by atoms with E-state index in [0.717, 1.165) is 5.56 Å². The van der Waals surface area contributed by atoms with Crippen LogP contribution in [0.15, 0.2) is 24.5 Å². The summed E-state index contributed by atoms with van der Waals surface area (Å²) < 4.78 is 23.2. The summed E-state index contributed by atoms with van der Waals surface area (Å²) in [5, 5.41) is 3.11. The largest absolute Gasteiger partial charge is 0.339 e. The number of pyridine rings is 1. The fourth-order valence-corrected chi connectivity index (χ4v) is 3.87. The SMILES string of the molecule is CCN(Cc1ccncc1)C(=O)CC1CS(=O)(=O)CCN1. The van der Waals surface area contributed by atoms with E-state index in [-0.39, 0.29) is 29.9 Å². The Bertz CT molecular complexity index is 574. The van der Waals surface area contributed by atoms with Gasteiger partial charge >= 0.3 is 0 Å². The Kier molecular flexibility index (Phi) is 5.30. The first-order valence-corrected chi connectivity index (χ1v) is 8.93. The van der Waals surface area contributed by atoms with Gasteiger partial charge in [-0.15, -0.1) is 0 Å². The van der Waals surface area contributed by atoms with Crippen LogP contribution in [0.5, 0.6) is 0 Å². The van der Waals surface area contributed by atoms with Crippen molar-refractivity contribution in [1.29, 1.82) is 0 Å². The molecule has 21 heavy (non-hydrogen) atoms. The molecule has 1 atom stereocenters. The highest BCUT2D eigenvalue weighted by Crippen LogP contribution is 2.10. The zero-order chi connectivity index (χ0) is 15.3. The van der Waals surface area contributed by atoms with Gasteiger partial charge in [0.1, 0.15) is 0 Å². The summed E-state index contributed by atoms with van der Waals surface area (Å²) in [5.74, 6) is 0.182. The number of nitrogens with zero attached hydrogens (tertiary/aromatic N) is 2. The number of hydrogen-bond donors (Lipinski definition) is 1. The maximum atomic E-state index is 12.3. The number of hydrogen-bond acceptors (Lipinski definition) is 5. The van der Waals surface area contributed by atoms with Crippen molar-refractivity contribution in [3.63, 3.8) is 0 Å². The topological polar surface area (TPSA) is 79.4 Å².